The van der Waals surface area contributed by atoms with Crippen molar-refractivity contribution >= 4 is 21.8 Å². The molecular weight excluding hydrogens is 310 g/mol. The molecule has 0 N–H and O–H groups in total. The molecule has 104 valence electrons. The fourth-order valence-electron chi connectivity index (χ4n) is 2.03. The monoisotopic (exact) mass is 327 g/mol. The summed E-state index contributed by atoms with van der Waals surface area (Å²) in [6.45, 7) is 1.37. The van der Waals surface area contributed by atoms with Gasteiger partial charge in [0, 0.05) is 13.0 Å². The van der Waals surface area contributed by atoms with Crippen molar-refractivity contribution in [1.29, 1.82) is 0 Å². The van der Waals surface area contributed by atoms with Crippen LogP contribution in [0.15, 0.2) is 22.7 Å². The van der Waals surface area contributed by atoms with Gasteiger partial charge in [-0.05, 0) is 52.9 Å². The van der Waals surface area contributed by atoms with Crippen LogP contribution in [0.4, 0.5) is 0 Å². The van der Waals surface area contributed by atoms with E-state index in [9.17, 15) is 4.79 Å². The van der Waals surface area contributed by atoms with E-state index in [2.05, 4.69) is 15.9 Å². The van der Waals surface area contributed by atoms with Gasteiger partial charge in [-0.25, -0.2) is 5.06 Å². The SMILES string of the molecule is COc1ccc(CCC(=O)N2CCCCO2)cc1Br. The third-order valence-corrected chi connectivity index (χ3v) is 3.74. The van der Waals surface area contributed by atoms with Crippen LogP contribution in [0, 0.1) is 0 Å². The molecule has 1 aliphatic heterocycles. The van der Waals surface area contributed by atoms with Crippen molar-refractivity contribution in [2.24, 2.45) is 0 Å². The summed E-state index contributed by atoms with van der Waals surface area (Å²) in [6.07, 6.45) is 3.25. The zero-order valence-electron chi connectivity index (χ0n) is 11.0. The van der Waals surface area contributed by atoms with Crippen molar-refractivity contribution in [3.05, 3.63) is 28.2 Å². The Bertz CT molecular complexity index is 444. The fraction of sp³-hybridized carbons (Fsp3) is 0.500. The molecule has 1 amide bonds. The van der Waals surface area contributed by atoms with Crippen molar-refractivity contribution in [2.75, 3.05) is 20.3 Å². The topological polar surface area (TPSA) is 38.8 Å². The van der Waals surface area contributed by atoms with Crippen LogP contribution >= 0.6 is 15.9 Å². The van der Waals surface area contributed by atoms with Gasteiger partial charge in [-0.1, -0.05) is 6.07 Å². The van der Waals surface area contributed by atoms with Gasteiger partial charge in [-0.2, -0.15) is 0 Å². The maximum Gasteiger partial charge on any atom is 0.246 e. The highest BCUT2D eigenvalue weighted by Crippen LogP contribution is 2.26. The molecule has 5 heteroatoms. The molecule has 0 aromatic heterocycles. The zero-order chi connectivity index (χ0) is 13.7. The first-order valence-corrected chi connectivity index (χ1v) is 7.25. The number of hydrogen-bond donors (Lipinski definition) is 0. The maximum atomic E-state index is 11.9. The number of nitrogens with zero attached hydrogens (tertiary/aromatic N) is 1. The summed E-state index contributed by atoms with van der Waals surface area (Å²) in [5.41, 5.74) is 1.11. The summed E-state index contributed by atoms with van der Waals surface area (Å²) in [6, 6.07) is 5.87. The second kappa shape index (κ2) is 6.91. The molecule has 0 aliphatic carbocycles. The lowest BCUT2D eigenvalue weighted by Gasteiger charge is -2.25. The van der Waals surface area contributed by atoms with E-state index in [1.807, 2.05) is 18.2 Å². The molecular formula is C14H18BrNO3. The first kappa shape index (κ1) is 14.3. The maximum absolute atomic E-state index is 11.9. The average molecular weight is 328 g/mol. The molecule has 0 atom stereocenters. The van der Waals surface area contributed by atoms with Gasteiger partial charge in [0.15, 0.2) is 0 Å². The Morgan fingerprint density at radius 3 is 2.95 bits per heavy atom. The molecule has 19 heavy (non-hydrogen) atoms. The van der Waals surface area contributed by atoms with Crippen LogP contribution < -0.4 is 4.74 Å². The number of ether oxygens (including phenoxy) is 1. The summed E-state index contributed by atoms with van der Waals surface area (Å²) >= 11 is 3.45. The van der Waals surface area contributed by atoms with E-state index in [4.69, 9.17) is 9.57 Å². The molecule has 1 heterocycles. The van der Waals surface area contributed by atoms with Gasteiger partial charge in [0.25, 0.3) is 0 Å². The van der Waals surface area contributed by atoms with Gasteiger partial charge in [0.05, 0.1) is 18.2 Å². The molecule has 1 aliphatic rings. The third-order valence-electron chi connectivity index (χ3n) is 3.12. The number of aryl methyl sites for hydroxylation is 1. The first-order chi connectivity index (χ1) is 9.20. The lowest BCUT2D eigenvalue weighted by molar-refractivity contribution is -0.197. The van der Waals surface area contributed by atoms with Gasteiger partial charge < -0.3 is 4.74 Å². The number of carbonyl (C=O) groups excluding carboxylic acids is 1. The Morgan fingerprint density at radius 1 is 1.47 bits per heavy atom. The number of hydrogen-bond acceptors (Lipinski definition) is 3. The van der Waals surface area contributed by atoms with Crippen LogP contribution in [0.1, 0.15) is 24.8 Å². The zero-order valence-corrected chi connectivity index (χ0v) is 12.6. The van der Waals surface area contributed by atoms with Crippen LogP contribution in [-0.2, 0) is 16.1 Å². The highest BCUT2D eigenvalue weighted by Gasteiger charge is 2.17. The Morgan fingerprint density at radius 2 is 2.32 bits per heavy atom. The van der Waals surface area contributed by atoms with Crippen molar-refractivity contribution in [3.8, 4) is 5.75 Å². The minimum absolute atomic E-state index is 0.0617. The highest BCUT2D eigenvalue weighted by molar-refractivity contribution is 9.10. The van der Waals surface area contributed by atoms with Crippen molar-refractivity contribution in [1.82, 2.24) is 5.06 Å². The number of rotatable bonds is 4. The summed E-state index contributed by atoms with van der Waals surface area (Å²) < 4.78 is 6.09. The molecule has 1 aromatic carbocycles. The highest BCUT2D eigenvalue weighted by atomic mass is 79.9. The average Bonchev–Trinajstić information content (AvgIpc) is 2.46. The lowest BCUT2D eigenvalue weighted by Crippen LogP contribution is -2.35. The van der Waals surface area contributed by atoms with E-state index in [0.29, 0.717) is 26.0 Å². The molecule has 0 bridgehead atoms. The third kappa shape index (κ3) is 3.94. The van der Waals surface area contributed by atoms with Gasteiger partial charge in [0.2, 0.25) is 5.91 Å². The molecule has 0 saturated carbocycles. The predicted molar refractivity (Wildman–Crippen MR) is 75.9 cm³/mol. The molecule has 1 saturated heterocycles. The summed E-state index contributed by atoms with van der Waals surface area (Å²) in [5, 5.41) is 1.50. The smallest absolute Gasteiger partial charge is 0.246 e. The van der Waals surface area contributed by atoms with Crippen LogP contribution in [0.3, 0.4) is 0 Å². The van der Waals surface area contributed by atoms with Gasteiger partial charge in [-0.3, -0.25) is 9.63 Å². The van der Waals surface area contributed by atoms with Gasteiger partial charge in [0.1, 0.15) is 5.75 Å². The Labute approximate surface area is 121 Å². The summed E-state index contributed by atoms with van der Waals surface area (Å²) in [4.78, 5) is 17.3. The van der Waals surface area contributed by atoms with E-state index in [0.717, 1.165) is 28.6 Å². The van der Waals surface area contributed by atoms with Gasteiger partial charge >= 0.3 is 0 Å². The number of hydroxylamine groups is 2. The fourth-order valence-corrected chi connectivity index (χ4v) is 2.62. The van der Waals surface area contributed by atoms with Crippen molar-refractivity contribution < 1.29 is 14.4 Å². The largest absolute Gasteiger partial charge is 0.496 e. The molecule has 1 fully saturated rings. The van der Waals surface area contributed by atoms with Crippen molar-refractivity contribution in [2.45, 2.75) is 25.7 Å². The molecule has 0 radical (unpaired) electrons. The van der Waals surface area contributed by atoms with E-state index < -0.39 is 0 Å². The lowest BCUT2D eigenvalue weighted by atomic mass is 10.1. The van der Waals surface area contributed by atoms with Crippen LogP contribution in [0.2, 0.25) is 0 Å². The van der Waals surface area contributed by atoms with E-state index in [1.165, 1.54) is 5.06 Å². The number of halogens is 1. The standard InChI is InChI=1S/C14H18BrNO3/c1-18-13-6-4-11(10-12(13)15)5-7-14(17)16-8-2-3-9-19-16/h4,6,10H,2-3,5,7-9H2,1H3. The van der Waals surface area contributed by atoms with E-state index in [1.54, 1.807) is 7.11 Å². The van der Waals surface area contributed by atoms with Gasteiger partial charge in [-0.15, -0.1) is 0 Å². The van der Waals surface area contributed by atoms with E-state index in [-0.39, 0.29) is 5.91 Å². The number of amides is 1. The van der Waals surface area contributed by atoms with Crippen molar-refractivity contribution in [3.63, 3.8) is 0 Å². The quantitative estimate of drug-likeness (QED) is 0.853. The van der Waals surface area contributed by atoms with Crippen LogP contribution in [0.5, 0.6) is 5.75 Å². The Kier molecular flexibility index (Phi) is 5.22. The minimum Gasteiger partial charge on any atom is -0.496 e. The molecule has 0 spiro atoms. The normalized spacial score (nSPS) is 15.4. The number of benzene rings is 1. The van der Waals surface area contributed by atoms with Crippen LogP contribution in [-0.4, -0.2) is 31.2 Å². The number of carbonyl (C=O) groups is 1. The second-order valence-electron chi connectivity index (χ2n) is 4.51. The predicted octanol–water partition coefficient (Wildman–Crippen LogP) is 2.94. The van der Waals surface area contributed by atoms with E-state index >= 15 is 0 Å². The van der Waals surface area contributed by atoms with Crippen LogP contribution in [0.25, 0.3) is 0 Å². The second-order valence-corrected chi connectivity index (χ2v) is 5.36. The Hall–Kier alpha value is -1.07. The molecule has 4 nitrogen and oxygen atoms in total. The first-order valence-electron chi connectivity index (χ1n) is 6.46. The minimum atomic E-state index is 0.0617. The summed E-state index contributed by atoms with van der Waals surface area (Å²) in [7, 11) is 1.64. The molecule has 0 unspecified atom stereocenters. The molecule has 1 aromatic rings. The number of methoxy groups -OCH3 is 1. The molecule has 2 rings (SSSR count). The summed E-state index contributed by atoms with van der Waals surface area (Å²) in [5.74, 6) is 0.862. The Balaban J connectivity index is 1.87.